The number of nitrogens with one attached hydrogen (secondary N) is 1. The van der Waals surface area contributed by atoms with Gasteiger partial charge in [-0.2, -0.15) is 0 Å². The molecule has 5 heteroatoms. The van der Waals surface area contributed by atoms with E-state index in [9.17, 15) is 9.59 Å². The van der Waals surface area contributed by atoms with Crippen LogP contribution in [0.2, 0.25) is 0 Å². The van der Waals surface area contributed by atoms with E-state index in [1.807, 2.05) is 38.1 Å². The third kappa shape index (κ3) is 3.31. The van der Waals surface area contributed by atoms with Crippen LogP contribution in [0.25, 0.3) is 10.9 Å². The number of carbonyl (C=O) groups is 1. The molecule has 5 nitrogen and oxygen atoms in total. The van der Waals surface area contributed by atoms with Crippen LogP contribution < -0.4 is 11.3 Å². The third-order valence-electron chi connectivity index (χ3n) is 3.55. The zero-order valence-electron chi connectivity index (χ0n) is 12.6. The first-order valence-electron chi connectivity index (χ1n) is 6.92. The first kappa shape index (κ1) is 15.3. The lowest BCUT2D eigenvalue weighted by Gasteiger charge is -2.28. The maximum absolute atomic E-state index is 12.5. The number of aromatic amines is 1. The van der Waals surface area contributed by atoms with Crippen LogP contribution in [0, 0.1) is 5.41 Å². The second-order valence-corrected chi connectivity index (χ2v) is 6.13. The summed E-state index contributed by atoms with van der Waals surface area (Å²) in [6.07, 6.45) is 0. The van der Waals surface area contributed by atoms with E-state index in [1.165, 1.54) is 0 Å². The molecule has 0 fully saturated rings. The molecule has 3 N–H and O–H groups in total. The minimum atomic E-state index is -0.365. The van der Waals surface area contributed by atoms with E-state index in [1.54, 1.807) is 18.0 Å². The zero-order chi connectivity index (χ0) is 15.6. The summed E-state index contributed by atoms with van der Waals surface area (Å²) < 4.78 is 0. The van der Waals surface area contributed by atoms with E-state index in [0.717, 1.165) is 10.9 Å². The number of H-pyrrole nitrogens is 1. The molecule has 0 atom stereocenters. The van der Waals surface area contributed by atoms with Crippen molar-refractivity contribution in [2.45, 2.75) is 13.8 Å². The Labute approximate surface area is 123 Å². The summed E-state index contributed by atoms with van der Waals surface area (Å²) in [5.41, 5.74) is 6.02. The first-order chi connectivity index (χ1) is 9.84. The highest BCUT2D eigenvalue weighted by molar-refractivity contribution is 5.97. The molecule has 0 bridgehead atoms. The van der Waals surface area contributed by atoms with Gasteiger partial charge in [-0.05, 0) is 29.5 Å². The van der Waals surface area contributed by atoms with E-state index in [-0.39, 0.29) is 22.4 Å². The molecule has 0 spiro atoms. The van der Waals surface area contributed by atoms with Gasteiger partial charge in [0.25, 0.3) is 11.5 Å². The van der Waals surface area contributed by atoms with Crippen molar-refractivity contribution >= 4 is 16.8 Å². The van der Waals surface area contributed by atoms with Crippen molar-refractivity contribution in [3.05, 3.63) is 46.2 Å². The number of pyridine rings is 1. The quantitative estimate of drug-likeness (QED) is 0.896. The van der Waals surface area contributed by atoms with Crippen molar-refractivity contribution in [3.8, 4) is 0 Å². The lowest BCUT2D eigenvalue weighted by Crippen LogP contribution is -2.41. The molecule has 1 aromatic carbocycles. The number of aromatic nitrogens is 1. The average Bonchev–Trinajstić information content (AvgIpc) is 2.45. The van der Waals surface area contributed by atoms with Crippen LogP contribution in [0.4, 0.5) is 0 Å². The highest BCUT2D eigenvalue weighted by Gasteiger charge is 2.23. The van der Waals surface area contributed by atoms with Gasteiger partial charge >= 0.3 is 0 Å². The van der Waals surface area contributed by atoms with Gasteiger partial charge in [0.05, 0.1) is 0 Å². The fourth-order valence-corrected chi connectivity index (χ4v) is 2.29. The van der Waals surface area contributed by atoms with Crippen molar-refractivity contribution in [2.24, 2.45) is 11.1 Å². The lowest BCUT2D eigenvalue weighted by molar-refractivity contribution is 0.0739. The first-order valence-corrected chi connectivity index (χ1v) is 6.92. The molecule has 0 radical (unpaired) electrons. The summed E-state index contributed by atoms with van der Waals surface area (Å²) in [6, 6.07) is 9.03. The molecule has 2 aromatic rings. The number of nitrogens with zero attached hydrogens (tertiary/aromatic N) is 1. The fraction of sp³-hybridized carbons (Fsp3) is 0.375. The van der Waals surface area contributed by atoms with Crippen LogP contribution in [0.15, 0.2) is 35.1 Å². The molecule has 1 amide bonds. The van der Waals surface area contributed by atoms with Gasteiger partial charge in [-0.25, -0.2) is 0 Å². The molecule has 2 rings (SSSR count). The second kappa shape index (κ2) is 5.69. The van der Waals surface area contributed by atoms with Gasteiger partial charge in [0, 0.05) is 19.1 Å². The number of fused-ring (bicyclic) bond motifs is 1. The topological polar surface area (TPSA) is 79.2 Å². The predicted octanol–water partition coefficient (Wildman–Crippen LogP) is 1.58. The van der Waals surface area contributed by atoms with E-state index >= 15 is 0 Å². The monoisotopic (exact) mass is 287 g/mol. The number of rotatable bonds is 4. The molecule has 0 aliphatic heterocycles. The van der Waals surface area contributed by atoms with Gasteiger partial charge in [0.1, 0.15) is 5.56 Å². The summed E-state index contributed by atoms with van der Waals surface area (Å²) in [5, 5.41) is 0.840. The van der Waals surface area contributed by atoms with Crippen LogP contribution >= 0.6 is 0 Å². The number of hydrogen-bond acceptors (Lipinski definition) is 3. The van der Waals surface area contributed by atoms with Crippen LogP contribution in [0.3, 0.4) is 0 Å². The number of para-hydroxylation sites is 1. The molecule has 0 aliphatic carbocycles. The summed E-state index contributed by atoms with van der Waals surface area (Å²) in [7, 11) is 1.69. The van der Waals surface area contributed by atoms with Gasteiger partial charge in [0.2, 0.25) is 0 Å². The molecule has 1 aromatic heterocycles. The Morgan fingerprint density at radius 2 is 2.00 bits per heavy atom. The Bertz CT molecular complexity index is 719. The normalized spacial score (nSPS) is 11.6. The van der Waals surface area contributed by atoms with Crippen molar-refractivity contribution in [1.82, 2.24) is 9.88 Å². The van der Waals surface area contributed by atoms with E-state index in [2.05, 4.69) is 4.98 Å². The fourth-order valence-electron chi connectivity index (χ4n) is 2.29. The SMILES string of the molecule is CN(CC(C)(C)CN)C(=O)c1cc2ccccc2[nH]c1=O. The predicted molar refractivity (Wildman–Crippen MR) is 84.4 cm³/mol. The summed E-state index contributed by atoms with van der Waals surface area (Å²) in [6.45, 7) is 4.94. The van der Waals surface area contributed by atoms with Gasteiger partial charge in [-0.3, -0.25) is 9.59 Å². The molecule has 0 saturated heterocycles. The molecule has 0 saturated carbocycles. The summed E-state index contributed by atoms with van der Waals surface area (Å²) >= 11 is 0. The minimum absolute atomic E-state index is 0.157. The zero-order valence-corrected chi connectivity index (χ0v) is 12.6. The minimum Gasteiger partial charge on any atom is -0.341 e. The summed E-state index contributed by atoms with van der Waals surface area (Å²) in [4.78, 5) is 28.8. The number of nitrogens with two attached hydrogens (primary N) is 1. The maximum atomic E-state index is 12.5. The lowest BCUT2D eigenvalue weighted by atomic mass is 9.93. The van der Waals surface area contributed by atoms with Crippen LogP contribution in [-0.4, -0.2) is 35.9 Å². The van der Waals surface area contributed by atoms with Crippen LogP contribution in [0.5, 0.6) is 0 Å². The van der Waals surface area contributed by atoms with E-state index < -0.39 is 0 Å². The molecule has 0 aliphatic rings. The molecule has 0 unspecified atom stereocenters. The number of carbonyl (C=O) groups excluding carboxylic acids is 1. The Hall–Kier alpha value is -2.14. The van der Waals surface area contributed by atoms with Crippen LogP contribution in [-0.2, 0) is 0 Å². The highest BCUT2D eigenvalue weighted by atomic mass is 16.2. The Morgan fingerprint density at radius 3 is 2.67 bits per heavy atom. The van der Waals surface area contributed by atoms with Gasteiger partial charge < -0.3 is 15.6 Å². The third-order valence-corrected chi connectivity index (χ3v) is 3.55. The summed E-state index contributed by atoms with van der Waals surface area (Å²) in [5.74, 6) is -0.288. The van der Waals surface area contributed by atoms with Crippen molar-refractivity contribution < 1.29 is 4.79 Å². The van der Waals surface area contributed by atoms with Crippen molar-refractivity contribution in [1.29, 1.82) is 0 Å². The maximum Gasteiger partial charge on any atom is 0.261 e. The highest BCUT2D eigenvalue weighted by Crippen LogP contribution is 2.16. The molecular formula is C16H21N3O2. The molecule has 112 valence electrons. The smallest absolute Gasteiger partial charge is 0.261 e. The Balaban J connectivity index is 2.35. The second-order valence-electron chi connectivity index (χ2n) is 6.13. The van der Waals surface area contributed by atoms with Crippen molar-refractivity contribution in [2.75, 3.05) is 20.1 Å². The molecular weight excluding hydrogens is 266 g/mol. The number of hydrogen-bond donors (Lipinski definition) is 2. The van der Waals surface area contributed by atoms with E-state index in [4.69, 9.17) is 5.73 Å². The standard InChI is InChI=1S/C16H21N3O2/c1-16(2,9-17)10-19(3)15(21)12-8-11-6-4-5-7-13(11)18-14(12)20/h4-8H,9-10,17H2,1-3H3,(H,18,20). The Morgan fingerprint density at radius 1 is 1.33 bits per heavy atom. The number of amides is 1. The van der Waals surface area contributed by atoms with Gasteiger partial charge in [-0.15, -0.1) is 0 Å². The van der Waals surface area contributed by atoms with Gasteiger partial charge in [0.15, 0.2) is 0 Å². The van der Waals surface area contributed by atoms with Gasteiger partial charge in [-0.1, -0.05) is 32.0 Å². The largest absolute Gasteiger partial charge is 0.341 e. The number of benzene rings is 1. The van der Waals surface area contributed by atoms with E-state index in [0.29, 0.717) is 13.1 Å². The van der Waals surface area contributed by atoms with Crippen molar-refractivity contribution in [3.63, 3.8) is 0 Å². The van der Waals surface area contributed by atoms with Crippen LogP contribution in [0.1, 0.15) is 24.2 Å². The molecule has 21 heavy (non-hydrogen) atoms. The molecule has 1 heterocycles. The average molecular weight is 287 g/mol. The Kier molecular flexibility index (Phi) is 4.14.